The van der Waals surface area contributed by atoms with Crippen molar-refractivity contribution >= 4 is 41.8 Å². The van der Waals surface area contributed by atoms with Crippen LogP contribution in [0.3, 0.4) is 0 Å². The molecule has 0 spiro atoms. The van der Waals surface area contributed by atoms with Gasteiger partial charge in [0, 0.05) is 50.6 Å². The molecule has 10 heteroatoms. The number of benzene rings is 1. The normalized spacial score (nSPS) is 12.0. The predicted octanol–water partition coefficient (Wildman–Crippen LogP) is 5.45. The molecule has 0 saturated heterocycles. The van der Waals surface area contributed by atoms with E-state index in [1.807, 2.05) is 35.9 Å². The highest BCUT2D eigenvalue weighted by atomic mass is 28.3. The number of nitrogens with two attached hydrogens (primary N) is 1. The molecule has 1 aromatic carbocycles. The van der Waals surface area contributed by atoms with Gasteiger partial charge in [-0.25, -0.2) is 9.67 Å². The van der Waals surface area contributed by atoms with Crippen molar-refractivity contribution in [1.82, 2.24) is 24.7 Å². The zero-order chi connectivity index (χ0) is 25.3. The van der Waals surface area contributed by atoms with E-state index in [4.69, 9.17) is 20.0 Å². The molecule has 0 saturated carbocycles. The number of nitrogens with one attached hydrogen (secondary N) is 1. The Labute approximate surface area is 210 Å². The number of rotatable bonds is 9. The fourth-order valence-electron chi connectivity index (χ4n) is 4.02. The van der Waals surface area contributed by atoms with Crippen LogP contribution in [0.15, 0.2) is 53.2 Å². The zero-order valence-corrected chi connectivity index (χ0v) is 22.1. The lowest BCUT2D eigenvalue weighted by atomic mass is 10.1. The van der Waals surface area contributed by atoms with Gasteiger partial charge in [0.2, 0.25) is 5.95 Å². The minimum absolute atomic E-state index is 0.183. The van der Waals surface area contributed by atoms with Crippen molar-refractivity contribution < 1.29 is 9.15 Å². The van der Waals surface area contributed by atoms with Gasteiger partial charge in [-0.15, -0.1) is 0 Å². The lowest BCUT2D eigenvalue weighted by Crippen LogP contribution is -2.22. The van der Waals surface area contributed by atoms with Gasteiger partial charge >= 0.3 is 0 Å². The van der Waals surface area contributed by atoms with Crippen LogP contribution in [0, 0.1) is 6.92 Å². The summed E-state index contributed by atoms with van der Waals surface area (Å²) >= 11 is 0. The first-order valence-corrected chi connectivity index (χ1v) is 15.7. The topological polar surface area (TPSA) is 117 Å². The minimum atomic E-state index is -1.14. The molecule has 0 fully saturated rings. The summed E-state index contributed by atoms with van der Waals surface area (Å²) < 4.78 is 14.1. The minimum Gasteiger partial charge on any atom is -0.450 e. The molecule has 36 heavy (non-hydrogen) atoms. The van der Waals surface area contributed by atoms with E-state index in [0.717, 1.165) is 40.4 Å². The molecule has 4 aromatic heterocycles. The Morgan fingerprint density at radius 2 is 2.00 bits per heavy atom. The van der Waals surface area contributed by atoms with Gasteiger partial charge in [-0.3, -0.25) is 4.98 Å². The monoisotopic (exact) mass is 501 g/mol. The second kappa shape index (κ2) is 9.71. The standard InChI is InChI=1S/C26H31N7O2Si/c1-17-20-8-7-19(12-22(20)33(32-17)16-34-10-11-36(2,3)4)23-13-21-24(35-23)25(31-26(27)30-21)29-15-18-6-5-9-28-14-18/h5-9,12-14H,10-11,15-16H2,1-4H3,(H3,27,29,30,31). The van der Waals surface area contributed by atoms with E-state index in [2.05, 4.69) is 52.0 Å². The van der Waals surface area contributed by atoms with Crippen LogP contribution in [-0.2, 0) is 18.0 Å². The number of aromatic nitrogens is 5. The molecule has 9 nitrogen and oxygen atoms in total. The molecule has 5 aromatic rings. The van der Waals surface area contributed by atoms with E-state index in [1.54, 1.807) is 12.4 Å². The van der Waals surface area contributed by atoms with Gasteiger partial charge in [0.15, 0.2) is 11.4 Å². The van der Waals surface area contributed by atoms with Crippen molar-refractivity contribution in [3.05, 3.63) is 60.0 Å². The van der Waals surface area contributed by atoms with Crippen molar-refractivity contribution in [1.29, 1.82) is 0 Å². The number of hydrogen-bond donors (Lipinski definition) is 2. The van der Waals surface area contributed by atoms with Gasteiger partial charge in [0.1, 0.15) is 18.0 Å². The van der Waals surface area contributed by atoms with Gasteiger partial charge in [-0.2, -0.15) is 10.1 Å². The van der Waals surface area contributed by atoms with E-state index < -0.39 is 8.07 Å². The van der Waals surface area contributed by atoms with Crippen LogP contribution in [0.4, 0.5) is 11.8 Å². The highest BCUT2D eigenvalue weighted by molar-refractivity contribution is 6.76. The Balaban J connectivity index is 1.43. The second-order valence-electron chi connectivity index (χ2n) is 10.1. The number of anilines is 2. The molecule has 0 unspecified atom stereocenters. The number of pyridine rings is 1. The molecule has 186 valence electrons. The quantitative estimate of drug-likeness (QED) is 0.202. The second-order valence-corrected chi connectivity index (χ2v) is 15.8. The van der Waals surface area contributed by atoms with Gasteiger partial charge in [-0.1, -0.05) is 37.8 Å². The van der Waals surface area contributed by atoms with Crippen LogP contribution in [0.2, 0.25) is 25.7 Å². The van der Waals surface area contributed by atoms with Crippen LogP contribution >= 0.6 is 0 Å². The van der Waals surface area contributed by atoms with Crippen LogP contribution in [0.5, 0.6) is 0 Å². The average Bonchev–Trinajstić information content (AvgIpc) is 3.41. The smallest absolute Gasteiger partial charge is 0.222 e. The summed E-state index contributed by atoms with van der Waals surface area (Å²) in [5.74, 6) is 1.41. The number of furan rings is 1. The van der Waals surface area contributed by atoms with Gasteiger partial charge in [0.05, 0.1) is 11.2 Å². The largest absolute Gasteiger partial charge is 0.450 e. The van der Waals surface area contributed by atoms with E-state index in [0.29, 0.717) is 36.0 Å². The maximum Gasteiger partial charge on any atom is 0.222 e. The lowest BCUT2D eigenvalue weighted by Gasteiger charge is -2.15. The highest BCUT2D eigenvalue weighted by Gasteiger charge is 2.17. The van der Waals surface area contributed by atoms with Crippen LogP contribution in [0.1, 0.15) is 11.3 Å². The molecule has 3 N–H and O–H groups in total. The maximum absolute atomic E-state index is 6.25. The Morgan fingerprint density at radius 3 is 2.78 bits per heavy atom. The van der Waals surface area contributed by atoms with Gasteiger partial charge < -0.3 is 20.2 Å². The average molecular weight is 502 g/mol. The summed E-state index contributed by atoms with van der Waals surface area (Å²) in [5, 5.41) is 9.09. The summed E-state index contributed by atoms with van der Waals surface area (Å²) in [6.07, 6.45) is 3.55. The number of aryl methyl sites for hydroxylation is 1. The van der Waals surface area contributed by atoms with Crippen molar-refractivity contribution in [3.8, 4) is 11.3 Å². The molecule has 0 aliphatic carbocycles. The zero-order valence-electron chi connectivity index (χ0n) is 21.1. The van der Waals surface area contributed by atoms with E-state index in [9.17, 15) is 0 Å². The molecule has 4 heterocycles. The molecule has 0 bridgehead atoms. The van der Waals surface area contributed by atoms with Crippen molar-refractivity contribution in [2.75, 3.05) is 17.7 Å². The fourth-order valence-corrected chi connectivity index (χ4v) is 4.78. The highest BCUT2D eigenvalue weighted by Crippen LogP contribution is 2.33. The van der Waals surface area contributed by atoms with Crippen LogP contribution in [-0.4, -0.2) is 39.4 Å². The first-order chi connectivity index (χ1) is 17.3. The van der Waals surface area contributed by atoms with E-state index >= 15 is 0 Å². The number of fused-ring (bicyclic) bond motifs is 2. The predicted molar refractivity (Wildman–Crippen MR) is 145 cm³/mol. The van der Waals surface area contributed by atoms with Gasteiger partial charge in [0.25, 0.3) is 0 Å². The molecule has 0 aliphatic heterocycles. The molecular weight excluding hydrogens is 470 g/mol. The third-order valence-electron chi connectivity index (χ3n) is 6.00. The third-order valence-corrected chi connectivity index (χ3v) is 7.71. The summed E-state index contributed by atoms with van der Waals surface area (Å²) in [5.41, 5.74) is 11.1. The van der Waals surface area contributed by atoms with E-state index in [1.165, 1.54) is 0 Å². The molecular formula is C26H31N7O2Si. The Hall–Kier alpha value is -3.76. The lowest BCUT2D eigenvalue weighted by molar-refractivity contribution is 0.0815. The number of nitrogens with zero attached hydrogens (tertiary/aromatic N) is 5. The SMILES string of the molecule is Cc1nn(COCC[Si](C)(C)C)c2cc(-c3cc4nc(N)nc(NCc5cccnc5)c4o3)ccc12. The molecule has 0 amide bonds. The molecule has 0 aliphatic rings. The Bertz CT molecular complexity index is 1510. The number of hydrogen-bond acceptors (Lipinski definition) is 8. The number of ether oxygens (including phenoxy) is 1. The summed E-state index contributed by atoms with van der Waals surface area (Å²) in [6, 6.07) is 13.1. The van der Waals surface area contributed by atoms with Gasteiger partial charge in [-0.05, 0) is 30.7 Å². The summed E-state index contributed by atoms with van der Waals surface area (Å²) in [7, 11) is -1.14. The van der Waals surface area contributed by atoms with Crippen LogP contribution in [0.25, 0.3) is 33.3 Å². The Kier molecular flexibility index (Phi) is 6.46. The Morgan fingerprint density at radius 1 is 1.14 bits per heavy atom. The summed E-state index contributed by atoms with van der Waals surface area (Å²) in [6.45, 7) is 10.8. The maximum atomic E-state index is 6.25. The molecule has 5 rings (SSSR count). The van der Waals surface area contributed by atoms with Crippen molar-refractivity contribution in [2.45, 2.75) is 45.9 Å². The third kappa shape index (κ3) is 5.24. The molecule has 0 atom stereocenters. The number of nitrogen functional groups attached to an aromatic ring is 1. The van der Waals surface area contributed by atoms with Crippen molar-refractivity contribution in [3.63, 3.8) is 0 Å². The molecule has 0 radical (unpaired) electrons. The van der Waals surface area contributed by atoms with Crippen LogP contribution < -0.4 is 11.1 Å². The first kappa shape index (κ1) is 24.0. The fraction of sp³-hybridized carbons (Fsp3) is 0.308. The summed E-state index contributed by atoms with van der Waals surface area (Å²) in [4.78, 5) is 12.9. The van der Waals surface area contributed by atoms with E-state index in [-0.39, 0.29) is 5.95 Å². The first-order valence-electron chi connectivity index (χ1n) is 12.0. The van der Waals surface area contributed by atoms with Crippen molar-refractivity contribution in [2.24, 2.45) is 0 Å².